The molecule has 1 fully saturated rings. The molecule has 0 unspecified atom stereocenters. The molecule has 1 N–H and O–H groups in total. The molecule has 27 heavy (non-hydrogen) atoms. The largest absolute Gasteiger partial charge is 0.360 e. The third kappa shape index (κ3) is 3.91. The molecule has 1 saturated heterocycles. The van der Waals surface area contributed by atoms with Crippen LogP contribution in [-0.4, -0.2) is 36.9 Å². The first-order valence-corrected chi connectivity index (χ1v) is 10.4. The van der Waals surface area contributed by atoms with Crippen LogP contribution in [0.15, 0.2) is 39.8 Å². The van der Waals surface area contributed by atoms with E-state index in [1.165, 1.54) is 4.31 Å². The number of carbonyl (C=O) groups excluding carboxylic acids is 1. The van der Waals surface area contributed by atoms with Crippen molar-refractivity contribution in [3.05, 3.63) is 47.3 Å². The van der Waals surface area contributed by atoms with Gasteiger partial charge in [0.1, 0.15) is 10.6 Å². The molecule has 1 aromatic heterocycles. The summed E-state index contributed by atoms with van der Waals surface area (Å²) in [6.07, 6.45) is 0.937. The zero-order chi connectivity index (χ0) is 19.7. The van der Waals surface area contributed by atoms with E-state index < -0.39 is 15.4 Å². The zero-order valence-electron chi connectivity index (χ0n) is 15.9. The van der Waals surface area contributed by atoms with Crippen LogP contribution in [0.5, 0.6) is 0 Å². The van der Waals surface area contributed by atoms with E-state index in [1.807, 2.05) is 37.3 Å². The fourth-order valence-electron chi connectivity index (χ4n) is 3.41. The lowest BCUT2D eigenvalue weighted by atomic mass is 9.80. The highest BCUT2D eigenvalue weighted by molar-refractivity contribution is 7.89. The average molecular weight is 391 g/mol. The van der Waals surface area contributed by atoms with Gasteiger partial charge in [0.05, 0.1) is 0 Å². The number of aryl methyl sites for hydroxylation is 2. The van der Waals surface area contributed by atoms with Crippen LogP contribution in [0, 0.1) is 19.3 Å². The van der Waals surface area contributed by atoms with Gasteiger partial charge in [-0.15, -0.1) is 0 Å². The molecule has 146 valence electrons. The number of nitrogens with one attached hydrogen (secondary N) is 1. The lowest BCUT2D eigenvalue weighted by Gasteiger charge is -2.37. The van der Waals surface area contributed by atoms with Crippen molar-refractivity contribution in [2.75, 3.05) is 13.1 Å². The number of rotatable bonds is 5. The molecule has 2 aromatic rings. The van der Waals surface area contributed by atoms with Crippen molar-refractivity contribution in [1.29, 1.82) is 0 Å². The van der Waals surface area contributed by atoms with Crippen LogP contribution >= 0.6 is 0 Å². The van der Waals surface area contributed by atoms with Gasteiger partial charge in [-0.3, -0.25) is 4.79 Å². The fourth-order valence-corrected chi connectivity index (χ4v) is 5.14. The molecule has 0 bridgehead atoms. The summed E-state index contributed by atoms with van der Waals surface area (Å²) < 4.78 is 32.2. The van der Waals surface area contributed by atoms with E-state index in [0.717, 1.165) is 5.56 Å². The van der Waals surface area contributed by atoms with Crippen LogP contribution in [-0.2, 0) is 21.4 Å². The maximum absolute atomic E-state index is 12.9. The predicted molar refractivity (Wildman–Crippen MR) is 100 cm³/mol. The SMILES string of the molecule is Cc1noc(C)c1S(=O)(=O)N1CCC(C)(C(=O)NCc2ccccc2)CC1. The van der Waals surface area contributed by atoms with E-state index in [0.29, 0.717) is 43.9 Å². The second-order valence-corrected chi connectivity index (χ2v) is 9.16. The van der Waals surface area contributed by atoms with Gasteiger partial charge >= 0.3 is 0 Å². The van der Waals surface area contributed by atoms with Gasteiger partial charge in [0, 0.05) is 25.0 Å². The molecule has 0 atom stereocenters. The van der Waals surface area contributed by atoms with Gasteiger partial charge < -0.3 is 9.84 Å². The predicted octanol–water partition coefficient (Wildman–Crippen LogP) is 2.40. The Bertz CT molecular complexity index is 894. The summed E-state index contributed by atoms with van der Waals surface area (Å²) in [7, 11) is -3.67. The smallest absolute Gasteiger partial charge is 0.248 e. The van der Waals surface area contributed by atoms with Crippen molar-refractivity contribution in [3.8, 4) is 0 Å². The Morgan fingerprint density at radius 1 is 1.22 bits per heavy atom. The number of sulfonamides is 1. The molecular formula is C19H25N3O4S. The topological polar surface area (TPSA) is 92.5 Å². The Hall–Kier alpha value is -2.19. The molecule has 2 heterocycles. The van der Waals surface area contributed by atoms with Crippen molar-refractivity contribution in [1.82, 2.24) is 14.8 Å². The highest BCUT2D eigenvalue weighted by atomic mass is 32.2. The molecule has 0 saturated carbocycles. The van der Waals surface area contributed by atoms with Crippen molar-refractivity contribution in [3.63, 3.8) is 0 Å². The second-order valence-electron chi connectivity index (χ2n) is 7.29. The first kappa shape index (κ1) is 19.6. The molecule has 1 aliphatic rings. The Kier molecular flexibility index (Phi) is 5.39. The van der Waals surface area contributed by atoms with E-state index in [9.17, 15) is 13.2 Å². The molecule has 1 aromatic carbocycles. The number of amides is 1. The summed E-state index contributed by atoms with van der Waals surface area (Å²) in [5, 5.41) is 6.72. The Balaban J connectivity index is 1.64. The number of benzene rings is 1. The minimum absolute atomic E-state index is 0.0410. The van der Waals surface area contributed by atoms with E-state index in [2.05, 4.69) is 10.5 Å². The molecule has 0 aliphatic carbocycles. The molecular weight excluding hydrogens is 366 g/mol. The van der Waals surface area contributed by atoms with Crippen LogP contribution in [0.2, 0.25) is 0 Å². The van der Waals surface area contributed by atoms with Gasteiger partial charge in [-0.2, -0.15) is 4.31 Å². The van der Waals surface area contributed by atoms with Gasteiger partial charge in [-0.25, -0.2) is 8.42 Å². The molecule has 1 amide bonds. The summed E-state index contributed by atoms with van der Waals surface area (Å²) in [6, 6.07) is 9.72. The third-order valence-electron chi connectivity index (χ3n) is 5.24. The fraction of sp³-hybridized carbons (Fsp3) is 0.474. The molecule has 1 aliphatic heterocycles. The third-order valence-corrected chi connectivity index (χ3v) is 7.38. The van der Waals surface area contributed by atoms with Crippen molar-refractivity contribution >= 4 is 15.9 Å². The summed E-state index contributed by atoms with van der Waals surface area (Å²) in [5.41, 5.74) is 0.814. The first-order valence-electron chi connectivity index (χ1n) is 8.99. The molecule has 8 heteroatoms. The van der Waals surface area contributed by atoms with Gasteiger partial charge in [0.25, 0.3) is 0 Å². The number of nitrogens with zero attached hydrogens (tertiary/aromatic N) is 2. The molecule has 0 radical (unpaired) electrons. The van der Waals surface area contributed by atoms with Crippen molar-refractivity contribution < 1.29 is 17.7 Å². The zero-order valence-corrected chi connectivity index (χ0v) is 16.7. The monoisotopic (exact) mass is 391 g/mol. The summed E-state index contributed by atoms with van der Waals surface area (Å²) in [6.45, 7) is 6.17. The van der Waals surface area contributed by atoms with E-state index in [4.69, 9.17) is 4.52 Å². The lowest BCUT2D eigenvalue weighted by molar-refractivity contribution is -0.132. The normalized spacial score (nSPS) is 17.6. The first-order chi connectivity index (χ1) is 12.7. The molecule has 3 rings (SSSR count). The minimum atomic E-state index is -3.67. The number of piperidine rings is 1. The standard InChI is InChI=1S/C19H25N3O4S/c1-14-17(15(2)26-21-14)27(24,25)22-11-9-19(3,10-12-22)18(23)20-13-16-7-5-4-6-8-16/h4-8H,9-13H2,1-3H3,(H,20,23). The summed E-state index contributed by atoms with van der Waals surface area (Å²) in [4.78, 5) is 12.8. The van der Waals surface area contributed by atoms with Gasteiger partial charge in [-0.05, 0) is 32.3 Å². The van der Waals surface area contributed by atoms with E-state index in [-0.39, 0.29) is 10.8 Å². The summed E-state index contributed by atoms with van der Waals surface area (Å²) in [5.74, 6) is 0.252. The van der Waals surface area contributed by atoms with Gasteiger partial charge in [0.2, 0.25) is 15.9 Å². The highest BCUT2D eigenvalue weighted by Gasteiger charge is 2.41. The number of aromatic nitrogens is 1. The number of hydrogen-bond acceptors (Lipinski definition) is 5. The van der Waals surface area contributed by atoms with Crippen LogP contribution in [0.1, 0.15) is 36.8 Å². The maximum Gasteiger partial charge on any atom is 0.248 e. The number of hydrogen-bond donors (Lipinski definition) is 1. The van der Waals surface area contributed by atoms with E-state index in [1.54, 1.807) is 13.8 Å². The Morgan fingerprint density at radius 2 is 1.85 bits per heavy atom. The van der Waals surface area contributed by atoms with Gasteiger partial charge in [-0.1, -0.05) is 42.4 Å². The van der Waals surface area contributed by atoms with Crippen LogP contribution in [0.25, 0.3) is 0 Å². The summed E-state index contributed by atoms with van der Waals surface area (Å²) >= 11 is 0. The van der Waals surface area contributed by atoms with Crippen LogP contribution in [0.3, 0.4) is 0 Å². The van der Waals surface area contributed by atoms with Crippen molar-refractivity contribution in [2.45, 2.75) is 45.1 Å². The van der Waals surface area contributed by atoms with Gasteiger partial charge in [0.15, 0.2) is 5.76 Å². The second kappa shape index (κ2) is 7.44. The van der Waals surface area contributed by atoms with Crippen molar-refractivity contribution in [2.24, 2.45) is 5.41 Å². The average Bonchev–Trinajstić information content (AvgIpc) is 3.00. The molecule has 7 nitrogen and oxygen atoms in total. The van der Waals surface area contributed by atoms with Crippen LogP contribution < -0.4 is 5.32 Å². The quantitative estimate of drug-likeness (QED) is 0.845. The molecule has 0 spiro atoms. The highest BCUT2D eigenvalue weighted by Crippen LogP contribution is 2.34. The maximum atomic E-state index is 12.9. The Labute approximate surface area is 159 Å². The lowest BCUT2D eigenvalue weighted by Crippen LogP contribution is -2.48. The van der Waals surface area contributed by atoms with Crippen LogP contribution in [0.4, 0.5) is 0 Å². The Morgan fingerprint density at radius 3 is 2.41 bits per heavy atom. The minimum Gasteiger partial charge on any atom is -0.360 e. The number of carbonyl (C=O) groups is 1. The van der Waals surface area contributed by atoms with E-state index >= 15 is 0 Å².